The predicted octanol–water partition coefficient (Wildman–Crippen LogP) is 2.57. The highest BCUT2D eigenvalue weighted by atomic mass is 16.7. The molecule has 0 saturated carbocycles. The average Bonchev–Trinajstić information content (AvgIpc) is 2.84. The van der Waals surface area contributed by atoms with Gasteiger partial charge in [-0.2, -0.15) is 0 Å². The van der Waals surface area contributed by atoms with E-state index in [1.54, 1.807) is 20.3 Å². The lowest BCUT2D eigenvalue weighted by Crippen LogP contribution is -2.24. The fraction of sp³-hybridized carbons (Fsp3) is 0.429. The molecular weight excluding hydrogens is 232 g/mol. The first kappa shape index (κ1) is 12.9. The number of hydrogen-bond donors (Lipinski definition) is 0. The van der Waals surface area contributed by atoms with Gasteiger partial charge in [-0.25, -0.2) is 0 Å². The molecule has 1 aliphatic heterocycles. The zero-order valence-electron chi connectivity index (χ0n) is 11.0. The Labute approximate surface area is 107 Å². The van der Waals surface area contributed by atoms with Crippen molar-refractivity contribution in [3.8, 4) is 11.5 Å². The van der Waals surface area contributed by atoms with E-state index in [1.807, 2.05) is 19.1 Å². The van der Waals surface area contributed by atoms with E-state index < -0.39 is 5.79 Å². The van der Waals surface area contributed by atoms with Gasteiger partial charge in [0.05, 0.1) is 33.0 Å². The SMILES string of the molecule is C=Cc1cc(OC)cc(OC)c1C1(C)OCCO1. The zero-order valence-corrected chi connectivity index (χ0v) is 11.0. The van der Waals surface area contributed by atoms with Crippen LogP contribution in [0.15, 0.2) is 18.7 Å². The maximum atomic E-state index is 5.69. The molecule has 4 nitrogen and oxygen atoms in total. The molecule has 0 spiro atoms. The highest BCUT2D eigenvalue weighted by Gasteiger charge is 2.37. The highest BCUT2D eigenvalue weighted by molar-refractivity contribution is 5.61. The molecule has 0 radical (unpaired) electrons. The maximum absolute atomic E-state index is 5.69. The first-order valence-corrected chi connectivity index (χ1v) is 5.81. The molecule has 1 saturated heterocycles. The predicted molar refractivity (Wildman–Crippen MR) is 68.9 cm³/mol. The Bertz CT molecular complexity index is 447. The van der Waals surface area contributed by atoms with Crippen molar-refractivity contribution < 1.29 is 18.9 Å². The Balaban J connectivity index is 2.59. The van der Waals surface area contributed by atoms with Crippen LogP contribution >= 0.6 is 0 Å². The summed E-state index contributed by atoms with van der Waals surface area (Å²) in [5.74, 6) is 0.599. The van der Waals surface area contributed by atoms with Crippen LogP contribution in [0.25, 0.3) is 6.08 Å². The van der Waals surface area contributed by atoms with E-state index in [1.165, 1.54) is 0 Å². The van der Waals surface area contributed by atoms with Gasteiger partial charge in [-0.3, -0.25) is 0 Å². The van der Waals surface area contributed by atoms with Crippen molar-refractivity contribution in [3.05, 3.63) is 29.8 Å². The fourth-order valence-electron chi connectivity index (χ4n) is 2.20. The van der Waals surface area contributed by atoms with E-state index in [0.717, 1.165) is 11.1 Å². The number of benzene rings is 1. The minimum Gasteiger partial charge on any atom is -0.497 e. The third-order valence-electron chi connectivity index (χ3n) is 3.07. The van der Waals surface area contributed by atoms with Crippen molar-refractivity contribution in [3.63, 3.8) is 0 Å². The molecule has 0 unspecified atom stereocenters. The molecule has 4 heteroatoms. The molecule has 2 rings (SSSR count). The number of hydrogen-bond acceptors (Lipinski definition) is 4. The van der Waals surface area contributed by atoms with Crippen molar-refractivity contribution in [2.75, 3.05) is 27.4 Å². The largest absolute Gasteiger partial charge is 0.497 e. The molecule has 1 aliphatic rings. The van der Waals surface area contributed by atoms with E-state index in [9.17, 15) is 0 Å². The van der Waals surface area contributed by atoms with Crippen molar-refractivity contribution in [2.45, 2.75) is 12.7 Å². The third-order valence-corrected chi connectivity index (χ3v) is 3.07. The van der Waals surface area contributed by atoms with Crippen molar-refractivity contribution in [1.82, 2.24) is 0 Å². The topological polar surface area (TPSA) is 36.9 Å². The van der Waals surface area contributed by atoms with Gasteiger partial charge in [0.1, 0.15) is 11.5 Å². The Morgan fingerprint density at radius 1 is 1.22 bits per heavy atom. The number of methoxy groups -OCH3 is 2. The average molecular weight is 250 g/mol. The molecule has 98 valence electrons. The lowest BCUT2D eigenvalue weighted by molar-refractivity contribution is -0.150. The van der Waals surface area contributed by atoms with Crippen molar-refractivity contribution in [2.24, 2.45) is 0 Å². The highest BCUT2D eigenvalue weighted by Crippen LogP contribution is 2.41. The fourth-order valence-corrected chi connectivity index (χ4v) is 2.20. The standard InChI is InChI=1S/C14H18O4/c1-5-10-8-11(15-3)9-12(16-4)13(10)14(2)17-6-7-18-14/h5,8-9H,1,6-7H2,2-4H3. The van der Waals surface area contributed by atoms with Crippen LogP contribution in [0, 0.1) is 0 Å². The summed E-state index contributed by atoms with van der Waals surface area (Å²) in [6.45, 7) is 6.85. The van der Waals surface area contributed by atoms with E-state index >= 15 is 0 Å². The molecule has 1 heterocycles. The Morgan fingerprint density at radius 2 is 1.89 bits per heavy atom. The van der Waals surface area contributed by atoms with Crippen LogP contribution in [0.4, 0.5) is 0 Å². The smallest absolute Gasteiger partial charge is 0.196 e. The normalized spacial score (nSPS) is 17.5. The third kappa shape index (κ3) is 2.09. The van der Waals surface area contributed by atoms with Gasteiger partial charge in [0.25, 0.3) is 0 Å². The van der Waals surface area contributed by atoms with Gasteiger partial charge in [-0.1, -0.05) is 12.7 Å². The first-order chi connectivity index (χ1) is 8.64. The number of rotatable bonds is 4. The number of ether oxygens (including phenoxy) is 4. The van der Waals surface area contributed by atoms with Gasteiger partial charge < -0.3 is 18.9 Å². The van der Waals surface area contributed by atoms with Crippen LogP contribution in [-0.2, 0) is 15.3 Å². The minimum atomic E-state index is -0.791. The van der Waals surface area contributed by atoms with Crippen LogP contribution in [0.3, 0.4) is 0 Å². The van der Waals surface area contributed by atoms with Gasteiger partial charge in [-0.15, -0.1) is 0 Å². The summed E-state index contributed by atoms with van der Waals surface area (Å²) in [5.41, 5.74) is 1.73. The van der Waals surface area contributed by atoms with E-state index in [2.05, 4.69) is 6.58 Å². The van der Waals surface area contributed by atoms with E-state index in [0.29, 0.717) is 24.7 Å². The Hall–Kier alpha value is -1.52. The van der Waals surface area contributed by atoms with Gasteiger partial charge >= 0.3 is 0 Å². The lowest BCUT2D eigenvalue weighted by atomic mass is 9.98. The molecule has 1 fully saturated rings. The lowest BCUT2D eigenvalue weighted by Gasteiger charge is -2.27. The second-order valence-corrected chi connectivity index (χ2v) is 4.14. The van der Waals surface area contributed by atoms with Gasteiger partial charge in [0, 0.05) is 6.07 Å². The summed E-state index contributed by atoms with van der Waals surface area (Å²) in [5, 5.41) is 0. The molecule has 0 atom stereocenters. The Kier molecular flexibility index (Phi) is 3.59. The zero-order chi connectivity index (χ0) is 13.2. The summed E-state index contributed by atoms with van der Waals surface area (Å²) in [6, 6.07) is 3.71. The molecule has 1 aromatic rings. The van der Waals surface area contributed by atoms with Crippen LogP contribution in [-0.4, -0.2) is 27.4 Å². The van der Waals surface area contributed by atoms with Crippen molar-refractivity contribution in [1.29, 1.82) is 0 Å². The summed E-state index contributed by atoms with van der Waals surface area (Å²) >= 11 is 0. The molecule has 1 aromatic carbocycles. The molecule has 0 aromatic heterocycles. The first-order valence-electron chi connectivity index (χ1n) is 5.81. The second kappa shape index (κ2) is 5.00. The van der Waals surface area contributed by atoms with Crippen LogP contribution in [0.2, 0.25) is 0 Å². The van der Waals surface area contributed by atoms with Crippen molar-refractivity contribution >= 4 is 6.08 Å². The molecule has 0 bridgehead atoms. The monoisotopic (exact) mass is 250 g/mol. The van der Waals surface area contributed by atoms with E-state index in [-0.39, 0.29) is 0 Å². The molecular formula is C14H18O4. The van der Waals surface area contributed by atoms with Gasteiger partial charge in [0.2, 0.25) is 0 Å². The summed E-state index contributed by atoms with van der Waals surface area (Å²) in [6.07, 6.45) is 1.75. The molecule has 0 aliphatic carbocycles. The Morgan fingerprint density at radius 3 is 2.39 bits per heavy atom. The quantitative estimate of drug-likeness (QED) is 0.823. The molecule has 0 amide bonds. The second-order valence-electron chi connectivity index (χ2n) is 4.14. The minimum absolute atomic E-state index is 0.572. The summed E-state index contributed by atoms with van der Waals surface area (Å²) < 4.78 is 22.0. The van der Waals surface area contributed by atoms with Gasteiger partial charge in [-0.05, 0) is 18.6 Å². The molecule has 18 heavy (non-hydrogen) atoms. The van der Waals surface area contributed by atoms with Crippen LogP contribution in [0.5, 0.6) is 11.5 Å². The van der Waals surface area contributed by atoms with Gasteiger partial charge in [0.15, 0.2) is 5.79 Å². The van der Waals surface area contributed by atoms with Crippen LogP contribution in [0.1, 0.15) is 18.1 Å². The van der Waals surface area contributed by atoms with E-state index in [4.69, 9.17) is 18.9 Å². The van der Waals surface area contributed by atoms with Crippen LogP contribution < -0.4 is 9.47 Å². The maximum Gasteiger partial charge on any atom is 0.196 e. The molecule has 0 N–H and O–H groups in total. The summed E-state index contributed by atoms with van der Waals surface area (Å²) in [7, 11) is 3.23. The summed E-state index contributed by atoms with van der Waals surface area (Å²) in [4.78, 5) is 0.